The second-order valence-electron chi connectivity index (χ2n) is 6.89. The SMILES string of the molecule is Cc1c(F)cc(C(=O)N2CCCN(c3ccc(C(F)(F)F)cn3)CC2)cc1[N+](=O)[O-]. The maximum atomic E-state index is 14.0. The maximum absolute atomic E-state index is 14.0. The normalized spacial score (nSPS) is 15.1. The third kappa shape index (κ3) is 4.50. The van der Waals surface area contributed by atoms with Gasteiger partial charge in [-0.2, -0.15) is 13.2 Å². The summed E-state index contributed by atoms with van der Waals surface area (Å²) in [7, 11) is 0. The number of carbonyl (C=O) groups is 1. The molecule has 1 aliphatic heterocycles. The van der Waals surface area contributed by atoms with E-state index in [4.69, 9.17) is 0 Å². The Morgan fingerprint density at radius 1 is 1.17 bits per heavy atom. The molecule has 0 aliphatic carbocycles. The molecule has 0 unspecified atom stereocenters. The molecule has 1 aromatic heterocycles. The molecule has 30 heavy (non-hydrogen) atoms. The Morgan fingerprint density at radius 3 is 2.50 bits per heavy atom. The van der Waals surface area contributed by atoms with Crippen LogP contribution in [0, 0.1) is 22.9 Å². The number of anilines is 1. The smallest absolute Gasteiger partial charge is 0.355 e. The van der Waals surface area contributed by atoms with E-state index in [-0.39, 0.29) is 17.7 Å². The Labute approximate surface area is 169 Å². The number of halogens is 4. The van der Waals surface area contributed by atoms with Crippen LogP contribution in [-0.2, 0) is 6.18 Å². The van der Waals surface area contributed by atoms with Gasteiger partial charge in [0.1, 0.15) is 11.6 Å². The summed E-state index contributed by atoms with van der Waals surface area (Å²) >= 11 is 0. The van der Waals surface area contributed by atoms with Crippen LogP contribution in [0.15, 0.2) is 30.5 Å². The van der Waals surface area contributed by atoms with Crippen LogP contribution in [0.2, 0.25) is 0 Å². The van der Waals surface area contributed by atoms with Gasteiger partial charge < -0.3 is 9.80 Å². The number of nitro benzene ring substituents is 1. The monoisotopic (exact) mass is 426 g/mol. The fourth-order valence-electron chi connectivity index (χ4n) is 3.25. The third-order valence-corrected chi connectivity index (χ3v) is 4.94. The van der Waals surface area contributed by atoms with Crippen LogP contribution in [0.25, 0.3) is 0 Å². The summed E-state index contributed by atoms with van der Waals surface area (Å²) < 4.78 is 52.1. The maximum Gasteiger partial charge on any atom is 0.417 e. The second kappa shape index (κ2) is 8.25. The van der Waals surface area contributed by atoms with Crippen molar-refractivity contribution in [3.8, 4) is 0 Å². The first kappa shape index (κ1) is 21.5. The summed E-state index contributed by atoms with van der Waals surface area (Å²) in [5.74, 6) is -1.02. The van der Waals surface area contributed by atoms with Gasteiger partial charge >= 0.3 is 6.18 Å². The Morgan fingerprint density at radius 2 is 1.90 bits per heavy atom. The predicted octanol–water partition coefficient (Wildman–Crippen LogP) is 3.81. The van der Waals surface area contributed by atoms with Crippen molar-refractivity contribution in [2.45, 2.75) is 19.5 Å². The molecule has 3 rings (SSSR count). The zero-order valence-corrected chi connectivity index (χ0v) is 15.9. The molecule has 1 fully saturated rings. The lowest BCUT2D eigenvalue weighted by Gasteiger charge is -2.23. The Kier molecular flexibility index (Phi) is 5.90. The van der Waals surface area contributed by atoms with Gasteiger partial charge in [0.05, 0.1) is 16.1 Å². The molecule has 2 aromatic rings. The summed E-state index contributed by atoms with van der Waals surface area (Å²) in [4.78, 5) is 30.2. The molecule has 1 aliphatic rings. The number of pyridine rings is 1. The standard InChI is InChI=1S/C19H18F4N4O3/c1-12-15(20)9-13(10-16(12)27(29)30)18(28)26-6-2-5-25(7-8-26)17-4-3-14(11-24-17)19(21,22)23/h3-4,9-11H,2,5-8H2,1H3. The molecule has 1 aromatic carbocycles. The van der Waals surface area contributed by atoms with E-state index in [1.54, 1.807) is 4.90 Å². The van der Waals surface area contributed by atoms with Gasteiger partial charge in [-0.05, 0) is 31.5 Å². The largest absolute Gasteiger partial charge is 0.417 e. The number of rotatable bonds is 3. The van der Waals surface area contributed by atoms with E-state index >= 15 is 0 Å². The van der Waals surface area contributed by atoms with E-state index in [0.717, 1.165) is 24.4 Å². The number of nitro groups is 1. The number of hydrogen-bond donors (Lipinski definition) is 0. The summed E-state index contributed by atoms with van der Waals surface area (Å²) in [6, 6.07) is 4.26. The average molecular weight is 426 g/mol. The van der Waals surface area contributed by atoms with E-state index in [2.05, 4.69) is 4.98 Å². The van der Waals surface area contributed by atoms with Crippen LogP contribution in [-0.4, -0.2) is 46.9 Å². The van der Waals surface area contributed by atoms with Crippen LogP contribution < -0.4 is 4.90 Å². The van der Waals surface area contributed by atoms with Crippen molar-refractivity contribution in [1.29, 1.82) is 0 Å². The van der Waals surface area contributed by atoms with Crippen molar-refractivity contribution in [3.05, 3.63) is 63.1 Å². The van der Waals surface area contributed by atoms with Crippen molar-refractivity contribution in [1.82, 2.24) is 9.88 Å². The topological polar surface area (TPSA) is 79.6 Å². The van der Waals surface area contributed by atoms with Gasteiger partial charge in [-0.25, -0.2) is 9.37 Å². The van der Waals surface area contributed by atoms with Gasteiger partial charge in [-0.15, -0.1) is 0 Å². The highest BCUT2D eigenvalue weighted by Gasteiger charge is 2.31. The number of alkyl halides is 3. The van der Waals surface area contributed by atoms with E-state index < -0.39 is 34.1 Å². The van der Waals surface area contributed by atoms with Gasteiger partial charge in [-0.1, -0.05) is 0 Å². The van der Waals surface area contributed by atoms with Gasteiger partial charge in [0, 0.05) is 44.0 Å². The number of nitrogens with zero attached hydrogens (tertiary/aromatic N) is 4. The molecule has 0 radical (unpaired) electrons. The molecule has 7 nitrogen and oxygen atoms in total. The summed E-state index contributed by atoms with van der Waals surface area (Å²) in [5.41, 5.74) is -1.58. The van der Waals surface area contributed by atoms with Crippen LogP contribution in [0.3, 0.4) is 0 Å². The fourth-order valence-corrected chi connectivity index (χ4v) is 3.25. The van der Waals surface area contributed by atoms with Crippen molar-refractivity contribution in [2.24, 2.45) is 0 Å². The molecule has 2 heterocycles. The van der Waals surface area contributed by atoms with E-state index in [1.165, 1.54) is 17.9 Å². The number of amides is 1. The van der Waals surface area contributed by atoms with Crippen molar-refractivity contribution in [2.75, 3.05) is 31.1 Å². The molecule has 0 N–H and O–H groups in total. The molecule has 0 atom stereocenters. The second-order valence-corrected chi connectivity index (χ2v) is 6.89. The molecule has 11 heteroatoms. The van der Waals surface area contributed by atoms with Crippen molar-refractivity contribution >= 4 is 17.4 Å². The quantitative estimate of drug-likeness (QED) is 0.424. The van der Waals surface area contributed by atoms with Crippen molar-refractivity contribution < 1.29 is 27.3 Å². The zero-order valence-electron chi connectivity index (χ0n) is 15.9. The highest BCUT2D eigenvalue weighted by Crippen LogP contribution is 2.29. The molecular weight excluding hydrogens is 408 g/mol. The molecule has 0 saturated carbocycles. The van der Waals surface area contributed by atoms with E-state index in [1.807, 2.05) is 0 Å². The molecule has 0 spiro atoms. The summed E-state index contributed by atoms with van der Waals surface area (Å²) in [6.45, 7) is 2.57. The van der Waals surface area contributed by atoms with Crippen LogP contribution in [0.5, 0.6) is 0 Å². The first-order chi connectivity index (χ1) is 14.1. The minimum absolute atomic E-state index is 0.120. The minimum atomic E-state index is -4.47. The number of aromatic nitrogens is 1. The predicted molar refractivity (Wildman–Crippen MR) is 99.8 cm³/mol. The third-order valence-electron chi connectivity index (χ3n) is 4.94. The molecule has 160 valence electrons. The number of benzene rings is 1. The van der Waals surface area contributed by atoms with Gasteiger partial charge in [0.15, 0.2) is 0 Å². The number of hydrogen-bond acceptors (Lipinski definition) is 5. The fraction of sp³-hybridized carbons (Fsp3) is 0.368. The van der Waals surface area contributed by atoms with Gasteiger partial charge in [0.25, 0.3) is 11.6 Å². The first-order valence-corrected chi connectivity index (χ1v) is 9.10. The van der Waals surface area contributed by atoms with Crippen LogP contribution in [0.1, 0.15) is 27.9 Å². The van der Waals surface area contributed by atoms with E-state index in [0.29, 0.717) is 31.9 Å². The number of carbonyl (C=O) groups excluding carboxylic acids is 1. The van der Waals surface area contributed by atoms with Crippen LogP contribution in [0.4, 0.5) is 29.1 Å². The minimum Gasteiger partial charge on any atom is -0.355 e. The Bertz CT molecular complexity index is 963. The molecule has 1 saturated heterocycles. The van der Waals surface area contributed by atoms with E-state index in [9.17, 15) is 32.5 Å². The molecular formula is C19H18F4N4O3. The summed E-state index contributed by atoms with van der Waals surface area (Å²) in [5, 5.41) is 11.1. The van der Waals surface area contributed by atoms with Crippen molar-refractivity contribution in [3.63, 3.8) is 0 Å². The molecule has 0 bridgehead atoms. The Balaban J connectivity index is 1.74. The molecule has 1 amide bonds. The Hall–Kier alpha value is -3.24. The highest BCUT2D eigenvalue weighted by atomic mass is 19.4. The lowest BCUT2D eigenvalue weighted by molar-refractivity contribution is -0.385. The lowest BCUT2D eigenvalue weighted by atomic mass is 10.1. The first-order valence-electron chi connectivity index (χ1n) is 9.10. The zero-order chi connectivity index (χ0) is 22.1. The van der Waals surface area contributed by atoms with Gasteiger partial charge in [0.2, 0.25) is 0 Å². The van der Waals surface area contributed by atoms with Gasteiger partial charge in [-0.3, -0.25) is 14.9 Å². The average Bonchev–Trinajstić information content (AvgIpc) is 2.95. The summed E-state index contributed by atoms with van der Waals surface area (Å²) in [6.07, 6.45) is -3.21. The lowest BCUT2D eigenvalue weighted by Crippen LogP contribution is -2.35. The van der Waals surface area contributed by atoms with Crippen LogP contribution >= 0.6 is 0 Å². The highest BCUT2D eigenvalue weighted by molar-refractivity contribution is 5.95.